The normalized spacial score (nSPS) is 30.6. The molecule has 0 spiro atoms. The first kappa shape index (κ1) is 12.8. The lowest BCUT2D eigenvalue weighted by Crippen LogP contribution is -2.39. The number of ether oxygens (including phenoxy) is 1. The van der Waals surface area contributed by atoms with Crippen LogP contribution in [0.15, 0.2) is 17.1 Å². The van der Waals surface area contributed by atoms with Crippen molar-refractivity contribution in [3.8, 4) is 0 Å². The van der Waals surface area contributed by atoms with E-state index in [1.807, 2.05) is 0 Å². The Balaban J connectivity index is 2.42. The van der Waals surface area contributed by atoms with Crippen LogP contribution in [0.25, 0.3) is 0 Å². The van der Waals surface area contributed by atoms with Gasteiger partial charge in [-0.1, -0.05) is 0 Å². The molecular weight excluding hydrogens is 255 g/mol. The Morgan fingerprint density at radius 1 is 1.61 bits per heavy atom. The minimum Gasteiger partial charge on any atom is -0.394 e. The van der Waals surface area contributed by atoms with Crippen LogP contribution in [0.1, 0.15) is 6.23 Å². The lowest BCUT2D eigenvalue weighted by atomic mass is 10.1. The average molecular weight is 265 g/mol. The van der Waals surface area contributed by atoms with Crippen LogP contribution in [0.3, 0.4) is 0 Å². The summed E-state index contributed by atoms with van der Waals surface area (Å²) in [7, 11) is 0. The zero-order valence-electron chi connectivity index (χ0n) is 8.96. The first-order valence-electron chi connectivity index (χ1n) is 5.00. The van der Waals surface area contributed by atoms with E-state index in [1.54, 1.807) is 0 Å². The summed E-state index contributed by atoms with van der Waals surface area (Å²) in [5, 5.41) is 8.73. The topological polar surface area (TPSA) is 90.4 Å². The smallest absolute Gasteiger partial charge is 0.351 e. The monoisotopic (exact) mass is 265 g/mol. The van der Waals surface area contributed by atoms with Gasteiger partial charge in [0.1, 0.15) is 11.9 Å². The third-order valence-electron chi connectivity index (χ3n) is 2.61. The van der Waals surface area contributed by atoms with Crippen molar-refractivity contribution in [2.24, 2.45) is 0 Å². The molecule has 3 atom stereocenters. The molecule has 0 bridgehead atoms. The van der Waals surface area contributed by atoms with Crippen molar-refractivity contribution in [1.82, 2.24) is 9.55 Å². The highest BCUT2D eigenvalue weighted by Gasteiger charge is 2.60. The van der Waals surface area contributed by atoms with E-state index in [1.165, 1.54) is 0 Å². The van der Waals surface area contributed by atoms with E-state index in [-0.39, 0.29) is 5.82 Å². The van der Waals surface area contributed by atoms with Crippen LogP contribution in [0.4, 0.5) is 19.0 Å². The van der Waals surface area contributed by atoms with E-state index >= 15 is 0 Å². The molecule has 6 nitrogen and oxygen atoms in total. The Labute approximate surface area is 98.8 Å². The first-order chi connectivity index (χ1) is 8.37. The van der Waals surface area contributed by atoms with Crippen molar-refractivity contribution in [3.05, 3.63) is 22.7 Å². The van der Waals surface area contributed by atoms with Crippen LogP contribution in [-0.2, 0) is 4.74 Å². The number of nitrogens with zero attached hydrogens (tertiary/aromatic N) is 2. The summed E-state index contributed by atoms with van der Waals surface area (Å²) in [6.07, 6.45) is -5.59. The molecule has 18 heavy (non-hydrogen) atoms. The summed E-state index contributed by atoms with van der Waals surface area (Å²) in [4.78, 5) is 14.6. The largest absolute Gasteiger partial charge is 0.394 e. The maximum Gasteiger partial charge on any atom is 0.351 e. The maximum atomic E-state index is 13.6. The molecule has 0 radical (unpaired) electrons. The Morgan fingerprint density at radius 2 is 2.28 bits per heavy atom. The minimum atomic E-state index is -3.94. The van der Waals surface area contributed by atoms with Gasteiger partial charge in [0.15, 0.2) is 6.17 Å². The van der Waals surface area contributed by atoms with Gasteiger partial charge in [-0.3, -0.25) is 4.57 Å². The molecule has 0 aromatic carbocycles. The Kier molecular flexibility index (Phi) is 3.03. The Bertz CT molecular complexity index is 507. The molecule has 0 amide bonds. The van der Waals surface area contributed by atoms with E-state index in [0.29, 0.717) is 4.57 Å². The van der Waals surface area contributed by atoms with Gasteiger partial charge >= 0.3 is 11.6 Å². The fourth-order valence-electron chi connectivity index (χ4n) is 1.70. The molecule has 1 aromatic heterocycles. The third kappa shape index (κ3) is 1.85. The highest BCUT2D eigenvalue weighted by atomic mass is 19.3. The third-order valence-corrected chi connectivity index (χ3v) is 2.61. The second-order valence-corrected chi connectivity index (χ2v) is 3.83. The zero-order valence-corrected chi connectivity index (χ0v) is 8.96. The quantitative estimate of drug-likeness (QED) is 0.765. The highest BCUT2D eigenvalue weighted by molar-refractivity contribution is 5.23. The van der Waals surface area contributed by atoms with Gasteiger partial charge in [0, 0.05) is 6.20 Å². The molecule has 9 heteroatoms. The molecule has 3 unspecified atom stereocenters. The first-order valence-corrected chi connectivity index (χ1v) is 5.00. The van der Waals surface area contributed by atoms with Crippen molar-refractivity contribution in [1.29, 1.82) is 0 Å². The molecule has 2 rings (SSSR count). The molecule has 1 saturated heterocycles. The van der Waals surface area contributed by atoms with Crippen molar-refractivity contribution in [2.45, 2.75) is 24.4 Å². The Morgan fingerprint density at radius 3 is 2.78 bits per heavy atom. The fraction of sp³-hybridized carbons (Fsp3) is 0.556. The number of halogens is 3. The van der Waals surface area contributed by atoms with E-state index in [4.69, 9.17) is 10.8 Å². The SMILES string of the molecule is Nc1ccn(C2OC(CO)C(F)C2(F)F)c(=O)n1. The van der Waals surface area contributed by atoms with Gasteiger partial charge in [-0.15, -0.1) is 0 Å². The number of nitrogens with two attached hydrogens (primary N) is 1. The summed E-state index contributed by atoms with van der Waals surface area (Å²) < 4.78 is 45.6. The van der Waals surface area contributed by atoms with Crippen LogP contribution < -0.4 is 11.4 Å². The number of alkyl halides is 3. The van der Waals surface area contributed by atoms with Gasteiger partial charge in [0.25, 0.3) is 0 Å². The summed E-state index contributed by atoms with van der Waals surface area (Å²) >= 11 is 0. The molecule has 2 heterocycles. The number of aliphatic hydroxyl groups excluding tert-OH is 1. The summed E-state index contributed by atoms with van der Waals surface area (Å²) in [5.41, 5.74) is 4.13. The lowest BCUT2D eigenvalue weighted by molar-refractivity contribution is -0.130. The number of anilines is 1. The lowest BCUT2D eigenvalue weighted by Gasteiger charge is -2.20. The van der Waals surface area contributed by atoms with Crippen LogP contribution >= 0.6 is 0 Å². The predicted octanol–water partition coefficient (Wildman–Crippen LogP) is -0.311. The molecule has 1 aliphatic heterocycles. The molecule has 3 N–H and O–H groups in total. The van der Waals surface area contributed by atoms with E-state index in [9.17, 15) is 18.0 Å². The molecule has 1 aliphatic rings. The van der Waals surface area contributed by atoms with Gasteiger partial charge in [-0.25, -0.2) is 9.18 Å². The predicted molar refractivity (Wildman–Crippen MR) is 53.7 cm³/mol. The standard InChI is InChI=1S/C9H10F3N3O3/c10-6-4(3-16)18-7(9(6,11)12)15-2-1-5(13)14-8(15)17/h1-2,4,6-7,16H,3H2,(H2,13,14,17). The molecule has 1 fully saturated rings. The van der Waals surface area contributed by atoms with Crippen LogP contribution in [0.2, 0.25) is 0 Å². The van der Waals surface area contributed by atoms with Gasteiger partial charge in [-0.05, 0) is 6.07 Å². The second kappa shape index (κ2) is 4.25. The van der Waals surface area contributed by atoms with Crippen molar-refractivity contribution < 1.29 is 23.0 Å². The number of rotatable bonds is 2. The molecule has 0 saturated carbocycles. The molecule has 0 aliphatic carbocycles. The van der Waals surface area contributed by atoms with E-state index in [0.717, 1.165) is 12.3 Å². The van der Waals surface area contributed by atoms with E-state index < -0.39 is 36.7 Å². The van der Waals surface area contributed by atoms with Gasteiger partial charge in [-0.2, -0.15) is 13.8 Å². The zero-order chi connectivity index (χ0) is 13.5. The van der Waals surface area contributed by atoms with Gasteiger partial charge in [0.2, 0.25) is 6.23 Å². The van der Waals surface area contributed by atoms with Crippen molar-refractivity contribution >= 4 is 5.82 Å². The number of hydrogen-bond donors (Lipinski definition) is 2. The Hall–Kier alpha value is -1.61. The van der Waals surface area contributed by atoms with Gasteiger partial charge in [0.05, 0.1) is 6.61 Å². The van der Waals surface area contributed by atoms with Crippen LogP contribution in [-0.4, -0.2) is 39.5 Å². The van der Waals surface area contributed by atoms with E-state index in [2.05, 4.69) is 9.72 Å². The van der Waals surface area contributed by atoms with Crippen molar-refractivity contribution in [3.63, 3.8) is 0 Å². The number of aromatic nitrogens is 2. The summed E-state index contributed by atoms with van der Waals surface area (Å²) in [6.45, 7) is -0.912. The van der Waals surface area contributed by atoms with Gasteiger partial charge < -0.3 is 15.6 Å². The number of aliphatic hydroxyl groups is 1. The molecular formula is C9H10F3N3O3. The summed E-state index contributed by atoms with van der Waals surface area (Å²) in [6, 6.07) is 1.11. The second-order valence-electron chi connectivity index (χ2n) is 3.83. The molecule has 100 valence electrons. The van der Waals surface area contributed by atoms with Crippen molar-refractivity contribution in [2.75, 3.05) is 12.3 Å². The number of hydrogen-bond acceptors (Lipinski definition) is 5. The minimum absolute atomic E-state index is 0.145. The fourth-order valence-corrected chi connectivity index (χ4v) is 1.70. The summed E-state index contributed by atoms with van der Waals surface area (Å²) in [5.74, 6) is -4.08. The average Bonchev–Trinajstić information content (AvgIpc) is 2.52. The number of nitrogen functional groups attached to an aromatic ring is 1. The molecule has 1 aromatic rings. The maximum absolute atomic E-state index is 13.6. The van der Waals surface area contributed by atoms with Crippen LogP contribution in [0, 0.1) is 0 Å². The highest BCUT2D eigenvalue weighted by Crippen LogP contribution is 2.43. The van der Waals surface area contributed by atoms with Crippen LogP contribution in [0.5, 0.6) is 0 Å².